The van der Waals surface area contributed by atoms with Crippen molar-refractivity contribution in [2.75, 3.05) is 11.9 Å². The third kappa shape index (κ3) is 3.47. The van der Waals surface area contributed by atoms with Gasteiger partial charge in [0.2, 0.25) is 0 Å². The molecule has 0 aromatic heterocycles. The van der Waals surface area contributed by atoms with E-state index in [-0.39, 0.29) is 12.6 Å². The first-order valence-electron chi connectivity index (χ1n) is 5.92. The van der Waals surface area contributed by atoms with Gasteiger partial charge >= 0.3 is 6.03 Å². The van der Waals surface area contributed by atoms with Crippen molar-refractivity contribution in [3.05, 3.63) is 29.8 Å². The normalized spacial score (nSPS) is 15.6. The van der Waals surface area contributed by atoms with Crippen LogP contribution in [0.25, 0.3) is 0 Å². The van der Waals surface area contributed by atoms with E-state index < -0.39 is 6.10 Å². The van der Waals surface area contributed by atoms with Crippen LogP contribution < -0.4 is 10.6 Å². The Balaban J connectivity index is 1.77. The van der Waals surface area contributed by atoms with Crippen LogP contribution in [-0.4, -0.2) is 23.8 Å². The number of hydrogen-bond donors (Lipinski definition) is 3. The highest BCUT2D eigenvalue weighted by Gasteiger charge is 2.29. The number of anilines is 1. The van der Waals surface area contributed by atoms with Crippen LogP contribution in [0, 0.1) is 17.2 Å². The topological polar surface area (TPSA) is 85.2 Å². The molecule has 1 aliphatic carbocycles. The molecular formula is C13H15N3O2. The lowest BCUT2D eigenvalue weighted by Gasteiger charge is -2.11. The van der Waals surface area contributed by atoms with E-state index in [0.717, 1.165) is 12.8 Å². The Hall–Kier alpha value is -2.06. The number of carbonyl (C=O) groups excluding carboxylic acids is 1. The van der Waals surface area contributed by atoms with Crippen LogP contribution >= 0.6 is 0 Å². The van der Waals surface area contributed by atoms with E-state index in [1.54, 1.807) is 24.3 Å². The van der Waals surface area contributed by atoms with Crippen molar-refractivity contribution in [3.8, 4) is 6.07 Å². The molecule has 1 aliphatic rings. The van der Waals surface area contributed by atoms with Gasteiger partial charge in [-0.1, -0.05) is 0 Å². The third-order valence-corrected chi connectivity index (χ3v) is 2.91. The molecule has 0 spiro atoms. The second kappa shape index (κ2) is 5.52. The summed E-state index contributed by atoms with van der Waals surface area (Å²) < 4.78 is 0. The molecule has 0 saturated heterocycles. The highest BCUT2D eigenvalue weighted by Crippen LogP contribution is 2.32. The summed E-state index contributed by atoms with van der Waals surface area (Å²) in [5, 5.41) is 23.5. The van der Waals surface area contributed by atoms with Crippen molar-refractivity contribution >= 4 is 11.7 Å². The summed E-state index contributed by atoms with van der Waals surface area (Å²) in [6.45, 7) is 0.271. The van der Waals surface area contributed by atoms with E-state index in [1.807, 2.05) is 6.07 Å². The molecule has 2 rings (SSSR count). The van der Waals surface area contributed by atoms with Gasteiger partial charge in [-0.15, -0.1) is 0 Å². The standard InChI is InChI=1S/C13H15N3O2/c14-7-9-1-5-11(6-2-9)16-13(18)15-8-12(17)10-3-4-10/h1-2,5-6,10,12,17H,3-4,8H2,(H2,15,16,18). The largest absolute Gasteiger partial charge is 0.391 e. The van der Waals surface area contributed by atoms with Crippen molar-refractivity contribution in [1.29, 1.82) is 5.26 Å². The van der Waals surface area contributed by atoms with E-state index in [9.17, 15) is 9.90 Å². The first kappa shape index (κ1) is 12.4. The summed E-state index contributed by atoms with van der Waals surface area (Å²) in [5.74, 6) is 0.347. The Morgan fingerprint density at radius 2 is 2.11 bits per heavy atom. The van der Waals surface area contributed by atoms with Gasteiger partial charge in [0.15, 0.2) is 0 Å². The summed E-state index contributed by atoms with van der Waals surface area (Å²) in [6.07, 6.45) is 1.64. The molecular weight excluding hydrogens is 230 g/mol. The first-order valence-corrected chi connectivity index (χ1v) is 5.92. The zero-order valence-corrected chi connectivity index (χ0v) is 9.89. The van der Waals surface area contributed by atoms with Gasteiger partial charge in [0.05, 0.1) is 17.7 Å². The van der Waals surface area contributed by atoms with Crippen LogP contribution in [0.3, 0.4) is 0 Å². The maximum absolute atomic E-state index is 11.5. The number of aliphatic hydroxyl groups excluding tert-OH is 1. The van der Waals surface area contributed by atoms with Gasteiger partial charge in [0.1, 0.15) is 0 Å². The molecule has 3 N–H and O–H groups in total. The summed E-state index contributed by atoms with van der Waals surface area (Å²) in [7, 11) is 0. The van der Waals surface area contributed by atoms with Crippen molar-refractivity contribution in [1.82, 2.24) is 5.32 Å². The van der Waals surface area contributed by atoms with Gasteiger partial charge < -0.3 is 15.7 Å². The van der Waals surface area contributed by atoms with Crippen molar-refractivity contribution in [2.45, 2.75) is 18.9 Å². The van der Waals surface area contributed by atoms with Crippen molar-refractivity contribution in [2.24, 2.45) is 5.92 Å². The smallest absolute Gasteiger partial charge is 0.319 e. The number of aliphatic hydroxyl groups is 1. The number of carbonyl (C=O) groups is 1. The van der Waals surface area contributed by atoms with E-state index in [1.165, 1.54) is 0 Å². The summed E-state index contributed by atoms with van der Waals surface area (Å²) in [6, 6.07) is 8.25. The summed E-state index contributed by atoms with van der Waals surface area (Å²) in [4.78, 5) is 11.5. The lowest BCUT2D eigenvalue weighted by molar-refractivity contribution is 0.150. The zero-order valence-electron chi connectivity index (χ0n) is 9.89. The fourth-order valence-electron chi connectivity index (χ4n) is 1.65. The number of nitrogens with zero attached hydrogens (tertiary/aromatic N) is 1. The molecule has 1 fully saturated rings. The van der Waals surface area contributed by atoms with Crippen molar-refractivity contribution < 1.29 is 9.90 Å². The minimum Gasteiger partial charge on any atom is -0.391 e. The Kier molecular flexibility index (Phi) is 3.80. The number of hydrogen-bond acceptors (Lipinski definition) is 3. The van der Waals surface area contributed by atoms with E-state index in [0.29, 0.717) is 17.2 Å². The number of urea groups is 1. The predicted octanol–water partition coefficient (Wildman–Crippen LogP) is 1.45. The second-order valence-corrected chi connectivity index (χ2v) is 4.43. The molecule has 1 saturated carbocycles. The van der Waals surface area contributed by atoms with Gasteiger partial charge in [-0.3, -0.25) is 0 Å². The Bertz CT molecular complexity index is 460. The monoisotopic (exact) mass is 245 g/mol. The quantitative estimate of drug-likeness (QED) is 0.750. The zero-order chi connectivity index (χ0) is 13.0. The molecule has 94 valence electrons. The molecule has 18 heavy (non-hydrogen) atoms. The minimum absolute atomic E-state index is 0.271. The number of nitriles is 1. The van der Waals surface area contributed by atoms with Crippen molar-refractivity contribution in [3.63, 3.8) is 0 Å². The Morgan fingerprint density at radius 3 is 2.67 bits per heavy atom. The number of benzene rings is 1. The van der Waals surface area contributed by atoms with Gasteiger partial charge in [-0.05, 0) is 43.0 Å². The lowest BCUT2D eigenvalue weighted by atomic mass is 10.2. The number of rotatable bonds is 4. The molecule has 1 unspecified atom stereocenters. The average Bonchev–Trinajstić information content (AvgIpc) is 3.21. The van der Waals surface area contributed by atoms with Gasteiger partial charge in [0.25, 0.3) is 0 Å². The molecule has 5 nitrogen and oxygen atoms in total. The molecule has 0 radical (unpaired) electrons. The van der Waals surface area contributed by atoms with Gasteiger partial charge in [-0.25, -0.2) is 4.79 Å². The molecule has 0 heterocycles. The Labute approximate surface area is 105 Å². The first-order chi connectivity index (χ1) is 8.69. The van der Waals surface area contributed by atoms with Gasteiger partial charge in [-0.2, -0.15) is 5.26 Å². The Morgan fingerprint density at radius 1 is 1.44 bits per heavy atom. The van der Waals surface area contributed by atoms with Crippen LogP contribution in [0.15, 0.2) is 24.3 Å². The fourth-order valence-corrected chi connectivity index (χ4v) is 1.65. The summed E-state index contributed by atoms with van der Waals surface area (Å²) >= 11 is 0. The third-order valence-electron chi connectivity index (χ3n) is 2.91. The molecule has 1 atom stereocenters. The second-order valence-electron chi connectivity index (χ2n) is 4.43. The van der Waals surface area contributed by atoms with Crippen LogP contribution in [0.2, 0.25) is 0 Å². The van der Waals surface area contributed by atoms with Crippen LogP contribution in [0.1, 0.15) is 18.4 Å². The highest BCUT2D eigenvalue weighted by molar-refractivity contribution is 5.89. The lowest BCUT2D eigenvalue weighted by Crippen LogP contribution is -2.36. The maximum atomic E-state index is 11.5. The minimum atomic E-state index is -0.447. The van der Waals surface area contributed by atoms with Crippen LogP contribution in [0.4, 0.5) is 10.5 Å². The maximum Gasteiger partial charge on any atom is 0.319 e. The molecule has 0 bridgehead atoms. The molecule has 2 amide bonds. The molecule has 1 aromatic rings. The fraction of sp³-hybridized carbons (Fsp3) is 0.385. The molecule has 0 aliphatic heterocycles. The number of amides is 2. The highest BCUT2D eigenvalue weighted by atomic mass is 16.3. The van der Waals surface area contributed by atoms with Crippen LogP contribution in [-0.2, 0) is 0 Å². The van der Waals surface area contributed by atoms with E-state index in [2.05, 4.69) is 10.6 Å². The van der Waals surface area contributed by atoms with Gasteiger partial charge in [0, 0.05) is 12.2 Å². The van der Waals surface area contributed by atoms with E-state index in [4.69, 9.17) is 5.26 Å². The van der Waals surface area contributed by atoms with Crippen LogP contribution in [0.5, 0.6) is 0 Å². The predicted molar refractivity (Wildman–Crippen MR) is 66.9 cm³/mol. The molecule has 1 aromatic carbocycles. The molecule has 5 heteroatoms. The number of nitrogens with one attached hydrogen (secondary N) is 2. The summed E-state index contributed by atoms with van der Waals surface area (Å²) in [5.41, 5.74) is 1.16. The van der Waals surface area contributed by atoms with E-state index >= 15 is 0 Å². The average molecular weight is 245 g/mol. The SMILES string of the molecule is N#Cc1ccc(NC(=O)NCC(O)C2CC2)cc1.